The number of aromatic nitrogens is 2. The van der Waals surface area contributed by atoms with E-state index in [0.29, 0.717) is 12.4 Å². The van der Waals surface area contributed by atoms with E-state index in [9.17, 15) is 9.59 Å². The second kappa shape index (κ2) is 7.59. The summed E-state index contributed by atoms with van der Waals surface area (Å²) < 4.78 is 7.39. The lowest BCUT2D eigenvalue weighted by Gasteiger charge is -2.19. The summed E-state index contributed by atoms with van der Waals surface area (Å²) in [6.45, 7) is 4.16. The van der Waals surface area contributed by atoms with Gasteiger partial charge in [-0.15, -0.1) is 0 Å². The summed E-state index contributed by atoms with van der Waals surface area (Å²) in [5.74, 6) is -0.763. The Kier molecular flexibility index (Phi) is 5.25. The van der Waals surface area contributed by atoms with Gasteiger partial charge in [-0.2, -0.15) is 5.10 Å². The number of carbonyl (C=O) groups excluding carboxylic acids is 1. The molecule has 138 valence electrons. The summed E-state index contributed by atoms with van der Waals surface area (Å²) in [5, 5.41) is 13.5. The largest absolute Gasteiger partial charge is 0.489 e. The van der Waals surface area contributed by atoms with Crippen LogP contribution in [0.2, 0.25) is 0 Å². The van der Waals surface area contributed by atoms with Gasteiger partial charge in [-0.25, -0.2) is 4.68 Å². The van der Waals surface area contributed by atoms with Gasteiger partial charge >= 0.3 is 5.97 Å². The zero-order valence-electron chi connectivity index (χ0n) is 15.0. The van der Waals surface area contributed by atoms with Crippen LogP contribution in [0.5, 0.6) is 5.75 Å². The van der Waals surface area contributed by atoms with Crippen LogP contribution in [0.1, 0.15) is 37.2 Å². The van der Waals surface area contributed by atoms with Crippen LogP contribution >= 0.6 is 0 Å². The van der Waals surface area contributed by atoms with E-state index < -0.39 is 11.9 Å². The summed E-state index contributed by atoms with van der Waals surface area (Å²) in [5.41, 5.74) is 0.958. The minimum atomic E-state index is -1.03. The smallest absolute Gasteiger partial charge is 0.323 e. The van der Waals surface area contributed by atoms with Gasteiger partial charge in [0.25, 0.3) is 5.91 Å². The van der Waals surface area contributed by atoms with Crippen molar-refractivity contribution in [2.45, 2.75) is 32.7 Å². The van der Waals surface area contributed by atoms with Crippen LogP contribution in [0, 0.1) is 5.92 Å². The Morgan fingerprint density at radius 1 is 1.31 bits per heavy atom. The normalized spacial score (nSPS) is 13.7. The summed E-state index contributed by atoms with van der Waals surface area (Å²) in [7, 11) is 0. The molecule has 0 unspecified atom stereocenters. The Hall–Kier alpha value is -2.83. The second-order valence-corrected chi connectivity index (χ2v) is 6.88. The zero-order chi connectivity index (χ0) is 18.7. The average molecular weight is 357 g/mol. The third kappa shape index (κ3) is 4.22. The number of hydrogen-bond donors (Lipinski definition) is 1. The number of hydrogen-bond acceptors (Lipinski definition) is 4. The van der Waals surface area contributed by atoms with Gasteiger partial charge in [0.15, 0.2) is 11.4 Å². The van der Waals surface area contributed by atoms with Crippen LogP contribution in [0.4, 0.5) is 0 Å². The standard InChI is InChI=1S/C19H23N3O4/c1-13(2)12-26-16-10-22(15-6-4-3-5-7-15)20-18(16)19(25)21(11-17(23)24)14-8-9-14/h3-7,10,13-14H,8-9,11-12H2,1-2H3,(H,23,24). The molecule has 1 aromatic heterocycles. The summed E-state index contributed by atoms with van der Waals surface area (Å²) >= 11 is 0. The van der Waals surface area contributed by atoms with Gasteiger partial charge in [0, 0.05) is 6.04 Å². The minimum Gasteiger partial charge on any atom is -0.489 e. The van der Waals surface area contributed by atoms with Crippen molar-refractivity contribution in [3.63, 3.8) is 0 Å². The Labute approximate surface area is 152 Å². The molecule has 0 radical (unpaired) electrons. The first-order chi connectivity index (χ1) is 12.5. The van der Waals surface area contributed by atoms with E-state index in [4.69, 9.17) is 9.84 Å². The van der Waals surface area contributed by atoms with Crippen LogP contribution in [-0.4, -0.2) is 50.9 Å². The van der Waals surface area contributed by atoms with E-state index in [2.05, 4.69) is 5.10 Å². The van der Waals surface area contributed by atoms with E-state index in [1.54, 1.807) is 10.9 Å². The summed E-state index contributed by atoms with van der Waals surface area (Å²) in [4.78, 5) is 25.5. The topological polar surface area (TPSA) is 84.7 Å². The van der Waals surface area contributed by atoms with Gasteiger partial charge in [-0.05, 0) is 30.9 Å². The average Bonchev–Trinajstić information content (AvgIpc) is 3.36. The van der Waals surface area contributed by atoms with Crippen LogP contribution in [0.25, 0.3) is 5.69 Å². The minimum absolute atomic E-state index is 0.0292. The molecule has 0 spiro atoms. The maximum Gasteiger partial charge on any atom is 0.323 e. The Morgan fingerprint density at radius 3 is 2.58 bits per heavy atom. The summed E-state index contributed by atoms with van der Waals surface area (Å²) in [6, 6.07) is 9.39. The van der Waals surface area contributed by atoms with Crippen molar-refractivity contribution in [3.8, 4) is 11.4 Å². The molecule has 0 atom stereocenters. The third-order valence-electron chi connectivity index (χ3n) is 4.03. The highest BCUT2D eigenvalue weighted by Crippen LogP contribution is 2.30. The number of ether oxygens (including phenoxy) is 1. The number of aliphatic carboxylic acids is 1. The molecule has 1 aliphatic carbocycles. The lowest BCUT2D eigenvalue weighted by molar-refractivity contribution is -0.137. The van der Waals surface area contributed by atoms with Crippen molar-refractivity contribution in [3.05, 3.63) is 42.2 Å². The molecule has 1 heterocycles. The van der Waals surface area contributed by atoms with E-state index in [1.165, 1.54) is 4.90 Å². The molecule has 0 saturated heterocycles. The third-order valence-corrected chi connectivity index (χ3v) is 4.03. The van der Waals surface area contributed by atoms with Crippen molar-refractivity contribution >= 4 is 11.9 Å². The molecule has 1 saturated carbocycles. The molecular formula is C19H23N3O4. The lowest BCUT2D eigenvalue weighted by atomic mass is 10.2. The zero-order valence-corrected chi connectivity index (χ0v) is 15.0. The van der Waals surface area contributed by atoms with Crippen molar-refractivity contribution in [2.24, 2.45) is 5.92 Å². The molecule has 0 bridgehead atoms. The van der Waals surface area contributed by atoms with Crippen LogP contribution in [-0.2, 0) is 4.79 Å². The van der Waals surface area contributed by atoms with E-state index in [1.807, 2.05) is 44.2 Å². The van der Waals surface area contributed by atoms with Crippen molar-refractivity contribution < 1.29 is 19.4 Å². The fraction of sp³-hybridized carbons (Fsp3) is 0.421. The summed E-state index contributed by atoms with van der Waals surface area (Å²) in [6.07, 6.45) is 3.32. The SMILES string of the molecule is CC(C)COc1cn(-c2ccccc2)nc1C(=O)N(CC(=O)O)C1CC1. The fourth-order valence-electron chi connectivity index (χ4n) is 2.62. The van der Waals surface area contributed by atoms with Gasteiger partial charge in [0.2, 0.25) is 0 Å². The predicted octanol–water partition coefficient (Wildman–Crippen LogP) is 2.60. The number of carbonyl (C=O) groups is 2. The van der Waals surface area contributed by atoms with Crippen LogP contribution in [0.3, 0.4) is 0 Å². The molecule has 1 aliphatic rings. The monoisotopic (exact) mass is 357 g/mol. The Bertz CT molecular complexity index is 781. The molecule has 7 nitrogen and oxygen atoms in total. The van der Waals surface area contributed by atoms with Crippen molar-refractivity contribution in [2.75, 3.05) is 13.2 Å². The molecular weight excluding hydrogens is 334 g/mol. The highest BCUT2D eigenvalue weighted by Gasteiger charge is 2.36. The number of benzene rings is 1. The van der Waals surface area contributed by atoms with Gasteiger partial charge in [0.05, 0.1) is 18.5 Å². The Balaban J connectivity index is 1.93. The number of amides is 1. The number of carboxylic acid groups (broad SMARTS) is 1. The van der Waals surface area contributed by atoms with Crippen molar-refractivity contribution in [1.29, 1.82) is 0 Å². The maximum atomic E-state index is 13.0. The number of para-hydroxylation sites is 1. The molecule has 26 heavy (non-hydrogen) atoms. The van der Waals surface area contributed by atoms with E-state index in [-0.39, 0.29) is 24.2 Å². The Morgan fingerprint density at radius 2 is 2.00 bits per heavy atom. The maximum absolute atomic E-state index is 13.0. The second-order valence-electron chi connectivity index (χ2n) is 6.88. The molecule has 1 aromatic carbocycles. The molecule has 7 heteroatoms. The quantitative estimate of drug-likeness (QED) is 0.785. The van der Waals surface area contributed by atoms with Gasteiger partial charge in [-0.3, -0.25) is 9.59 Å². The first-order valence-electron chi connectivity index (χ1n) is 8.76. The van der Waals surface area contributed by atoms with E-state index >= 15 is 0 Å². The highest BCUT2D eigenvalue weighted by molar-refractivity contribution is 5.97. The number of nitrogens with zero attached hydrogens (tertiary/aromatic N) is 3. The van der Waals surface area contributed by atoms with Crippen LogP contribution in [0.15, 0.2) is 36.5 Å². The first kappa shape index (κ1) is 18.0. The fourth-order valence-corrected chi connectivity index (χ4v) is 2.62. The van der Waals surface area contributed by atoms with E-state index in [0.717, 1.165) is 18.5 Å². The van der Waals surface area contributed by atoms with Crippen molar-refractivity contribution in [1.82, 2.24) is 14.7 Å². The first-order valence-corrected chi connectivity index (χ1v) is 8.76. The number of rotatable bonds is 8. The molecule has 3 rings (SSSR count). The van der Waals surface area contributed by atoms with Gasteiger partial charge < -0.3 is 14.7 Å². The lowest BCUT2D eigenvalue weighted by Crippen LogP contribution is -2.38. The molecule has 2 aromatic rings. The molecule has 1 fully saturated rings. The van der Waals surface area contributed by atoms with Gasteiger partial charge in [0.1, 0.15) is 6.54 Å². The number of carboxylic acids is 1. The molecule has 1 amide bonds. The molecule has 1 N–H and O–H groups in total. The predicted molar refractivity (Wildman–Crippen MR) is 95.6 cm³/mol. The van der Waals surface area contributed by atoms with Crippen LogP contribution < -0.4 is 4.74 Å². The highest BCUT2D eigenvalue weighted by atomic mass is 16.5. The molecule has 0 aliphatic heterocycles. The van der Waals surface area contributed by atoms with Gasteiger partial charge in [-0.1, -0.05) is 32.0 Å².